The number of carbonyl (C=O) groups is 1. The number of carbonyl (C=O) groups excluding carboxylic acids is 1. The number of nitro groups is 1. The third-order valence-corrected chi connectivity index (χ3v) is 5.30. The molecule has 0 bridgehead atoms. The number of furan rings is 1. The van der Waals surface area contributed by atoms with Crippen molar-refractivity contribution in [2.75, 3.05) is 13.1 Å². The lowest BCUT2D eigenvalue weighted by atomic mass is 10.1. The summed E-state index contributed by atoms with van der Waals surface area (Å²) >= 11 is 1.34. The Bertz CT molecular complexity index is 941. The molecular formula is C18H15N3O4S. The summed E-state index contributed by atoms with van der Waals surface area (Å²) in [6, 6.07) is 9.76. The van der Waals surface area contributed by atoms with Gasteiger partial charge >= 0.3 is 0 Å². The number of aliphatic imine (C=N–C) groups is 1. The van der Waals surface area contributed by atoms with Crippen LogP contribution in [0.2, 0.25) is 0 Å². The number of rotatable bonds is 3. The lowest BCUT2D eigenvalue weighted by Crippen LogP contribution is -2.23. The molecule has 1 fully saturated rings. The molecule has 26 heavy (non-hydrogen) atoms. The second kappa shape index (κ2) is 6.80. The van der Waals surface area contributed by atoms with E-state index in [0.29, 0.717) is 22.0 Å². The van der Waals surface area contributed by atoms with Gasteiger partial charge in [-0.25, -0.2) is 0 Å². The second-order valence-electron chi connectivity index (χ2n) is 5.98. The van der Waals surface area contributed by atoms with Gasteiger partial charge in [-0.05, 0) is 42.8 Å². The zero-order chi connectivity index (χ0) is 18.1. The number of para-hydroxylation sites is 1. The van der Waals surface area contributed by atoms with Gasteiger partial charge in [0, 0.05) is 25.2 Å². The van der Waals surface area contributed by atoms with Gasteiger partial charge in [-0.3, -0.25) is 14.9 Å². The lowest BCUT2D eigenvalue weighted by molar-refractivity contribution is -0.384. The Morgan fingerprint density at radius 3 is 2.73 bits per heavy atom. The van der Waals surface area contributed by atoms with Gasteiger partial charge in [-0.2, -0.15) is 4.99 Å². The van der Waals surface area contributed by atoms with Gasteiger partial charge in [-0.15, -0.1) is 0 Å². The predicted octanol–water partition coefficient (Wildman–Crippen LogP) is 3.92. The molecular weight excluding hydrogens is 354 g/mol. The number of benzene rings is 1. The summed E-state index contributed by atoms with van der Waals surface area (Å²) in [7, 11) is 0. The molecule has 132 valence electrons. The minimum atomic E-state index is -0.442. The second-order valence-corrected chi connectivity index (χ2v) is 6.99. The van der Waals surface area contributed by atoms with Gasteiger partial charge in [0.05, 0.1) is 15.4 Å². The van der Waals surface area contributed by atoms with Gasteiger partial charge in [0.25, 0.3) is 11.6 Å². The fourth-order valence-electron chi connectivity index (χ4n) is 2.99. The number of nitrogens with zero attached hydrogens (tertiary/aromatic N) is 3. The number of amidine groups is 1. The van der Waals surface area contributed by atoms with Crippen LogP contribution < -0.4 is 0 Å². The molecule has 1 aromatic carbocycles. The number of thioether (sulfide) groups is 1. The fraction of sp³-hybridized carbons (Fsp3) is 0.222. The van der Waals surface area contributed by atoms with Crippen LogP contribution in [-0.4, -0.2) is 34.0 Å². The van der Waals surface area contributed by atoms with E-state index in [0.717, 1.165) is 31.1 Å². The number of amides is 1. The van der Waals surface area contributed by atoms with Crippen LogP contribution in [0.3, 0.4) is 0 Å². The predicted molar refractivity (Wildman–Crippen MR) is 99.6 cm³/mol. The molecule has 0 unspecified atom stereocenters. The number of nitro benzene ring substituents is 1. The minimum Gasteiger partial charge on any atom is -0.456 e. The average molecular weight is 369 g/mol. The molecule has 0 aliphatic carbocycles. The molecule has 1 amide bonds. The maximum atomic E-state index is 12.1. The Labute approximate surface area is 153 Å². The van der Waals surface area contributed by atoms with E-state index in [1.165, 1.54) is 17.8 Å². The van der Waals surface area contributed by atoms with Gasteiger partial charge in [0.15, 0.2) is 5.17 Å². The fourth-order valence-corrected chi connectivity index (χ4v) is 3.93. The van der Waals surface area contributed by atoms with Crippen molar-refractivity contribution in [2.45, 2.75) is 12.8 Å². The summed E-state index contributed by atoms with van der Waals surface area (Å²) in [5, 5.41) is 11.9. The quantitative estimate of drug-likeness (QED) is 0.463. The van der Waals surface area contributed by atoms with E-state index in [9.17, 15) is 14.9 Å². The van der Waals surface area contributed by atoms with Crippen molar-refractivity contribution in [2.24, 2.45) is 4.99 Å². The average Bonchev–Trinajstić information content (AvgIpc) is 3.37. The van der Waals surface area contributed by atoms with E-state index < -0.39 is 4.92 Å². The van der Waals surface area contributed by atoms with Crippen molar-refractivity contribution >= 4 is 34.6 Å². The van der Waals surface area contributed by atoms with Gasteiger partial charge < -0.3 is 9.32 Å². The minimum absolute atomic E-state index is 0.0213. The Hall–Kier alpha value is -2.87. The number of hydrogen-bond acceptors (Lipinski definition) is 6. The summed E-state index contributed by atoms with van der Waals surface area (Å²) in [5.41, 5.74) is 0.383. The van der Waals surface area contributed by atoms with Crippen LogP contribution in [0.15, 0.2) is 50.7 Å². The molecule has 1 saturated heterocycles. The smallest absolute Gasteiger partial charge is 0.286 e. The first-order valence-corrected chi connectivity index (χ1v) is 9.04. The summed E-state index contributed by atoms with van der Waals surface area (Å²) in [6.07, 6.45) is 3.87. The Balaban J connectivity index is 1.57. The summed E-state index contributed by atoms with van der Waals surface area (Å²) in [6.45, 7) is 1.85. The van der Waals surface area contributed by atoms with Crippen LogP contribution in [0.1, 0.15) is 18.6 Å². The van der Waals surface area contributed by atoms with Crippen molar-refractivity contribution in [1.29, 1.82) is 0 Å². The third-order valence-electron chi connectivity index (χ3n) is 4.25. The molecule has 2 aliphatic rings. The molecule has 4 rings (SSSR count). The first-order chi connectivity index (χ1) is 12.6. The van der Waals surface area contributed by atoms with Crippen molar-refractivity contribution in [3.8, 4) is 11.3 Å². The molecule has 2 aromatic rings. The summed E-state index contributed by atoms with van der Waals surface area (Å²) in [5.74, 6) is 0.577. The lowest BCUT2D eigenvalue weighted by Gasteiger charge is -2.14. The summed E-state index contributed by atoms with van der Waals surface area (Å²) < 4.78 is 5.72. The first-order valence-electron chi connectivity index (χ1n) is 8.23. The van der Waals surface area contributed by atoms with Gasteiger partial charge in [-0.1, -0.05) is 12.1 Å². The van der Waals surface area contributed by atoms with Crippen LogP contribution in [0, 0.1) is 10.1 Å². The van der Waals surface area contributed by atoms with Crippen LogP contribution in [0.4, 0.5) is 5.69 Å². The normalized spacial score (nSPS) is 18.6. The SMILES string of the molecule is O=C1N=C(N2CCCC2)S/C1=C\c1ccc(-c2ccccc2[N+](=O)[O-])o1. The van der Waals surface area contributed by atoms with E-state index in [-0.39, 0.29) is 11.6 Å². The molecule has 0 spiro atoms. The number of likely N-dealkylation sites (tertiary alicyclic amines) is 1. The van der Waals surface area contributed by atoms with Crippen molar-refractivity contribution in [3.63, 3.8) is 0 Å². The van der Waals surface area contributed by atoms with E-state index in [2.05, 4.69) is 9.89 Å². The van der Waals surface area contributed by atoms with E-state index >= 15 is 0 Å². The van der Waals surface area contributed by atoms with E-state index in [1.807, 2.05) is 0 Å². The highest BCUT2D eigenvalue weighted by atomic mass is 32.2. The monoisotopic (exact) mass is 369 g/mol. The summed E-state index contributed by atoms with van der Waals surface area (Å²) in [4.78, 5) is 29.6. The standard InChI is InChI=1S/C18H15N3O4S/c22-17-16(26-18(19-17)20-9-3-4-10-20)11-12-7-8-15(25-12)13-5-1-2-6-14(13)21(23)24/h1-2,5-8,11H,3-4,9-10H2/b16-11-. The van der Waals surface area contributed by atoms with E-state index in [1.54, 1.807) is 36.4 Å². The highest BCUT2D eigenvalue weighted by molar-refractivity contribution is 8.18. The maximum absolute atomic E-state index is 12.1. The molecule has 0 saturated carbocycles. The highest BCUT2D eigenvalue weighted by Crippen LogP contribution is 2.34. The number of hydrogen-bond donors (Lipinski definition) is 0. The Morgan fingerprint density at radius 1 is 1.19 bits per heavy atom. The van der Waals surface area contributed by atoms with Crippen LogP contribution >= 0.6 is 11.8 Å². The molecule has 0 N–H and O–H groups in total. The first kappa shape index (κ1) is 16.6. The van der Waals surface area contributed by atoms with Crippen LogP contribution in [0.5, 0.6) is 0 Å². The maximum Gasteiger partial charge on any atom is 0.286 e. The van der Waals surface area contributed by atoms with Crippen molar-refractivity contribution in [3.05, 3.63) is 57.2 Å². The molecule has 3 heterocycles. The van der Waals surface area contributed by atoms with Gasteiger partial charge in [0.2, 0.25) is 0 Å². The zero-order valence-corrected chi connectivity index (χ0v) is 14.6. The molecule has 0 atom stereocenters. The molecule has 8 heteroatoms. The molecule has 0 radical (unpaired) electrons. The van der Waals surface area contributed by atoms with E-state index in [4.69, 9.17) is 4.42 Å². The van der Waals surface area contributed by atoms with Crippen LogP contribution in [0.25, 0.3) is 17.4 Å². The molecule has 2 aliphatic heterocycles. The van der Waals surface area contributed by atoms with Crippen LogP contribution in [-0.2, 0) is 4.79 Å². The Kier molecular flexibility index (Phi) is 4.34. The van der Waals surface area contributed by atoms with Gasteiger partial charge in [0.1, 0.15) is 11.5 Å². The van der Waals surface area contributed by atoms with Crippen molar-refractivity contribution < 1.29 is 14.1 Å². The molecule has 7 nitrogen and oxygen atoms in total. The molecule has 1 aromatic heterocycles. The zero-order valence-electron chi connectivity index (χ0n) is 13.8. The highest BCUT2D eigenvalue weighted by Gasteiger charge is 2.28. The largest absolute Gasteiger partial charge is 0.456 e. The van der Waals surface area contributed by atoms with Crippen molar-refractivity contribution in [1.82, 2.24) is 4.90 Å². The third kappa shape index (κ3) is 3.15. The Morgan fingerprint density at radius 2 is 1.96 bits per heavy atom. The topological polar surface area (TPSA) is 89.0 Å².